The summed E-state index contributed by atoms with van der Waals surface area (Å²) in [6.07, 6.45) is 1.20. The normalized spacial score (nSPS) is 34.3. The van der Waals surface area contributed by atoms with Crippen LogP contribution in [-0.4, -0.2) is 13.1 Å². The van der Waals surface area contributed by atoms with Crippen molar-refractivity contribution < 1.29 is 4.39 Å². The van der Waals surface area contributed by atoms with Gasteiger partial charge < -0.3 is 5.32 Å². The van der Waals surface area contributed by atoms with E-state index in [4.69, 9.17) is 11.6 Å². The lowest BCUT2D eigenvalue weighted by atomic mass is 9.95. The van der Waals surface area contributed by atoms with Crippen LogP contribution >= 0.6 is 11.6 Å². The molecule has 2 aliphatic rings. The van der Waals surface area contributed by atoms with Gasteiger partial charge >= 0.3 is 0 Å². The summed E-state index contributed by atoms with van der Waals surface area (Å²) in [5.41, 5.74) is 1.33. The molecule has 1 aliphatic carbocycles. The Morgan fingerprint density at radius 1 is 1.50 bits per heavy atom. The number of rotatable bonds is 1. The lowest BCUT2D eigenvalue weighted by Gasteiger charge is -2.12. The second kappa shape index (κ2) is 2.71. The van der Waals surface area contributed by atoms with Crippen molar-refractivity contribution in [3.05, 3.63) is 34.6 Å². The number of hydrogen-bond donors (Lipinski definition) is 1. The van der Waals surface area contributed by atoms with Crippen molar-refractivity contribution in [2.24, 2.45) is 5.92 Å². The Kier molecular flexibility index (Phi) is 1.68. The average molecular weight is 212 g/mol. The van der Waals surface area contributed by atoms with Crippen molar-refractivity contribution in [1.82, 2.24) is 5.32 Å². The van der Waals surface area contributed by atoms with Crippen LogP contribution in [0.3, 0.4) is 0 Å². The molecule has 0 spiro atoms. The molecule has 0 radical (unpaired) electrons. The third-order valence-electron chi connectivity index (χ3n) is 3.56. The molecule has 3 rings (SSSR count). The minimum absolute atomic E-state index is 0.216. The fourth-order valence-corrected chi connectivity index (χ4v) is 2.71. The van der Waals surface area contributed by atoms with Gasteiger partial charge in [-0.3, -0.25) is 0 Å². The highest BCUT2D eigenvalue weighted by molar-refractivity contribution is 6.30. The van der Waals surface area contributed by atoms with E-state index in [1.54, 1.807) is 12.1 Å². The summed E-state index contributed by atoms with van der Waals surface area (Å²) in [7, 11) is 0. The van der Waals surface area contributed by atoms with E-state index in [1.165, 1.54) is 6.42 Å². The molecule has 1 saturated carbocycles. The number of fused-ring (bicyclic) bond motifs is 1. The molecule has 2 atom stereocenters. The van der Waals surface area contributed by atoms with Crippen LogP contribution in [0.25, 0.3) is 0 Å². The minimum Gasteiger partial charge on any atom is -0.316 e. The SMILES string of the molecule is Fc1cc([C@]23CNC[C@@H]2C3)ccc1Cl. The van der Waals surface area contributed by atoms with Gasteiger partial charge in [-0.1, -0.05) is 17.7 Å². The summed E-state index contributed by atoms with van der Waals surface area (Å²) in [6.45, 7) is 2.06. The molecular weight excluding hydrogens is 201 g/mol. The zero-order chi connectivity index (χ0) is 9.76. The first kappa shape index (κ1) is 8.69. The molecule has 0 amide bonds. The zero-order valence-corrected chi connectivity index (χ0v) is 8.44. The second-order valence-electron chi connectivity index (χ2n) is 4.32. The van der Waals surface area contributed by atoms with Crippen molar-refractivity contribution in [2.45, 2.75) is 11.8 Å². The van der Waals surface area contributed by atoms with Crippen molar-refractivity contribution in [1.29, 1.82) is 0 Å². The number of hydrogen-bond acceptors (Lipinski definition) is 1. The maximum Gasteiger partial charge on any atom is 0.142 e. The van der Waals surface area contributed by atoms with Crippen molar-refractivity contribution >= 4 is 11.6 Å². The molecular formula is C11H11ClFN. The van der Waals surface area contributed by atoms with Gasteiger partial charge in [-0.05, 0) is 36.6 Å². The van der Waals surface area contributed by atoms with Crippen LogP contribution in [0.4, 0.5) is 4.39 Å². The van der Waals surface area contributed by atoms with Crippen molar-refractivity contribution in [3.63, 3.8) is 0 Å². The van der Waals surface area contributed by atoms with E-state index in [-0.39, 0.29) is 16.3 Å². The first-order valence-electron chi connectivity index (χ1n) is 4.89. The maximum atomic E-state index is 13.3. The Labute approximate surface area is 87.3 Å². The van der Waals surface area contributed by atoms with Gasteiger partial charge in [0.25, 0.3) is 0 Å². The van der Waals surface area contributed by atoms with Crippen LogP contribution in [0.2, 0.25) is 5.02 Å². The van der Waals surface area contributed by atoms with Crippen LogP contribution in [0.15, 0.2) is 18.2 Å². The van der Waals surface area contributed by atoms with Gasteiger partial charge in [0, 0.05) is 12.0 Å². The molecule has 2 fully saturated rings. The summed E-state index contributed by atoms with van der Waals surface area (Å²) >= 11 is 5.66. The summed E-state index contributed by atoms with van der Waals surface area (Å²) < 4.78 is 13.3. The molecule has 3 heteroatoms. The van der Waals surface area contributed by atoms with E-state index in [9.17, 15) is 4.39 Å². The topological polar surface area (TPSA) is 12.0 Å². The van der Waals surface area contributed by atoms with Gasteiger partial charge in [0.1, 0.15) is 5.82 Å². The molecule has 0 bridgehead atoms. The van der Waals surface area contributed by atoms with Crippen molar-refractivity contribution in [2.75, 3.05) is 13.1 Å². The third-order valence-corrected chi connectivity index (χ3v) is 3.86. The zero-order valence-electron chi connectivity index (χ0n) is 7.69. The smallest absolute Gasteiger partial charge is 0.142 e. The molecule has 74 valence electrons. The Morgan fingerprint density at radius 3 is 2.93 bits per heavy atom. The molecule has 1 aliphatic heterocycles. The van der Waals surface area contributed by atoms with E-state index < -0.39 is 0 Å². The fraction of sp³-hybridized carbons (Fsp3) is 0.455. The first-order chi connectivity index (χ1) is 6.72. The van der Waals surface area contributed by atoms with Crippen LogP contribution in [-0.2, 0) is 5.41 Å². The number of halogens is 2. The van der Waals surface area contributed by atoms with Crippen LogP contribution in [0, 0.1) is 11.7 Å². The highest BCUT2D eigenvalue weighted by Gasteiger charge is 2.58. The van der Waals surface area contributed by atoms with Gasteiger partial charge in [-0.2, -0.15) is 0 Å². The predicted octanol–water partition coefficient (Wildman–Crippen LogP) is 2.34. The Hall–Kier alpha value is -0.600. The Balaban J connectivity index is 2.01. The van der Waals surface area contributed by atoms with E-state index >= 15 is 0 Å². The minimum atomic E-state index is -0.295. The summed E-state index contributed by atoms with van der Waals surface area (Å²) in [5, 5.41) is 3.56. The quantitative estimate of drug-likeness (QED) is 0.752. The molecule has 1 heterocycles. The predicted molar refractivity (Wildman–Crippen MR) is 54.1 cm³/mol. The molecule has 1 aromatic rings. The summed E-state index contributed by atoms with van der Waals surface area (Å²) in [6, 6.07) is 5.21. The van der Waals surface area contributed by atoms with E-state index in [0.717, 1.165) is 18.7 Å². The largest absolute Gasteiger partial charge is 0.316 e. The summed E-state index contributed by atoms with van der Waals surface area (Å²) in [4.78, 5) is 0. The average Bonchev–Trinajstić information content (AvgIpc) is 2.75. The molecule has 1 aromatic carbocycles. The Morgan fingerprint density at radius 2 is 2.36 bits per heavy atom. The van der Waals surface area contributed by atoms with Crippen LogP contribution in [0.1, 0.15) is 12.0 Å². The van der Waals surface area contributed by atoms with Gasteiger partial charge in [0.2, 0.25) is 0 Å². The van der Waals surface area contributed by atoms with Crippen LogP contribution < -0.4 is 5.32 Å². The Bertz CT molecular complexity index is 393. The monoisotopic (exact) mass is 211 g/mol. The van der Waals surface area contributed by atoms with E-state index in [1.807, 2.05) is 6.07 Å². The molecule has 1 N–H and O–H groups in total. The van der Waals surface area contributed by atoms with E-state index in [2.05, 4.69) is 5.32 Å². The highest BCUT2D eigenvalue weighted by Crippen LogP contribution is 2.56. The third kappa shape index (κ3) is 1.04. The lowest BCUT2D eigenvalue weighted by molar-refractivity contribution is 0.614. The number of nitrogens with one attached hydrogen (secondary N) is 1. The highest BCUT2D eigenvalue weighted by atomic mass is 35.5. The lowest BCUT2D eigenvalue weighted by Crippen LogP contribution is -2.19. The number of piperidine rings is 1. The summed E-state index contributed by atoms with van der Waals surface area (Å²) in [5.74, 6) is 0.416. The van der Waals surface area contributed by atoms with E-state index in [0.29, 0.717) is 5.92 Å². The standard InChI is InChI=1S/C11H11ClFN/c12-9-2-1-7(3-10(9)13)11-4-8(11)5-14-6-11/h1-3,8,14H,4-6H2/t8-,11-/m0/s1. The molecule has 0 unspecified atom stereocenters. The maximum absolute atomic E-state index is 13.3. The van der Waals surface area contributed by atoms with Gasteiger partial charge in [-0.25, -0.2) is 4.39 Å². The number of benzene rings is 1. The van der Waals surface area contributed by atoms with Gasteiger partial charge in [-0.15, -0.1) is 0 Å². The molecule has 1 nitrogen and oxygen atoms in total. The molecule has 1 saturated heterocycles. The first-order valence-corrected chi connectivity index (χ1v) is 5.26. The van der Waals surface area contributed by atoms with Gasteiger partial charge in [0.15, 0.2) is 0 Å². The fourth-order valence-electron chi connectivity index (χ4n) is 2.60. The second-order valence-corrected chi connectivity index (χ2v) is 4.72. The molecule has 0 aromatic heterocycles. The van der Waals surface area contributed by atoms with Gasteiger partial charge in [0.05, 0.1) is 5.02 Å². The van der Waals surface area contributed by atoms with Crippen LogP contribution in [0.5, 0.6) is 0 Å². The molecule has 14 heavy (non-hydrogen) atoms. The van der Waals surface area contributed by atoms with Crippen molar-refractivity contribution in [3.8, 4) is 0 Å².